The van der Waals surface area contributed by atoms with E-state index in [-0.39, 0.29) is 6.61 Å². The highest BCUT2D eigenvalue weighted by atomic mass is 16.5. The van der Waals surface area contributed by atoms with Crippen molar-refractivity contribution in [3.63, 3.8) is 0 Å². The Morgan fingerprint density at radius 3 is 3.00 bits per heavy atom. The molecule has 1 aromatic carbocycles. The second-order valence-corrected chi connectivity index (χ2v) is 3.29. The normalized spacial score (nSPS) is 9.65. The van der Waals surface area contributed by atoms with Crippen LogP contribution in [0, 0.1) is 12.3 Å². The smallest absolute Gasteiger partial charge is 0.148 e. The second-order valence-electron chi connectivity index (χ2n) is 3.29. The molecule has 0 atom stereocenters. The van der Waals surface area contributed by atoms with Gasteiger partial charge >= 0.3 is 0 Å². The molecule has 0 unspecified atom stereocenters. The molecule has 0 fully saturated rings. The minimum absolute atomic E-state index is 0.239. The maximum Gasteiger partial charge on any atom is 0.148 e. The molecule has 1 heterocycles. The molecule has 0 aliphatic heterocycles. The van der Waals surface area contributed by atoms with E-state index in [1.165, 1.54) is 0 Å². The van der Waals surface area contributed by atoms with Crippen LogP contribution in [0.4, 0.5) is 0 Å². The molecular formula is C13H12N2O2. The summed E-state index contributed by atoms with van der Waals surface area (Å²) in [6, 6.07) is 5.50. The lowest BCUT2D eigenvalue weighted by Crippen LogP contribution is -1.95. The third-order valence-corrected chi connectivity index (χ3v) is 2.25. The van der Waals surface area contributed by atoms with Crippen LogP contribution in [-0.2, 0) is 0 Å². The van der Waals surface area contributed by atoms with Gasteiger partial charge in [0, 0.05) is 18.5 Å². The lowest BCUT2D eigenvalue weighted by atomic mass is 10.2. The fourth-order valence-corrected chi connectivity index (χ4v) is 1.49. The van der Waals surface area contributed by atoms with Crippen LogP contribution in [0.5, 0.6) is 11.5 Å². The number of rotatable bonds is 4. The minimum Gasteiger partial charge on any atom is -0.496 e. The Morgan fingerprint density at radius 1 is 1.47 bits per heavy atom. The van der Waals surface area contributed by atoms with Gasteiger partial charge in [-0.05, 0) is 12.1 Å². The molecule has 0 bridgehead atoms. The number of aromatic amines is 1. The van der Waals surface area contributed by atoms with E-state index in [1.807, 2.05) is 12.1 Å². The zero-order chi connectivity index (χ0) is 12.1. The highest BCUT2D eigenvalue weighted by molar-refractivity contribution is 5.65. The quantitative estimate of drug-likeness (QED) is 0.815. The lowest BCUT2D eigenvalue weighted by molar-refractivity contribution is 0.363. The average molecular weight is 228 g/mol. The zero-order valence-electron chi connectivity index (χ0n) is 9.43. The average Bonchev–Trinajstić information content (AvgIpc) is 2.89. The number of terminal acetylenes is 1. The number of nitrogens with zero attached hydrogens (tertiary/aromatic N) is 1. The van der Waals surface area contributed by atoms with E-state index in [0.29, 0.717) is 11.5 Å². The molecule has 0 saturated carbocycles. The van der Waals surface area contributed by atoms with E-state index in [1.54, 1.807) is 25.6 Å². The van der Waals surface area contributed by atoms with E-state index < -0.39 is 0 Å². The fourth-order valence-electron chi connectivity index (χ4n) is 1.49. The molecule has 1 N–H and O–H groups in total. The van der Waals surface area contributed by atoms with Gasteiger partial charge in [-0.3, -0.25) is 0 Å². The Kier molecular flexibility index (Phi) is 3.31. The molecule has 86 valence electrons. The Labute approximate surface area is 99.6 Å². The first kappa shape index (κ1) is 11.1. The molecule has 2 aromatic rings. The third kappa shape index (κ3) is 2.40. The number of nitrogens with one attached hydrogen (secondary N) is 1. The summed E-state index contributed by atoms with van der Waals surface area (Å²) in [6.07, 6.45) is 8.59. The lowest BCUT2D eigenvalue weighted by Gasteiger charge is -2.09. The monoisotopic (exact) mass is 228 g/mol. The van der Waals surface area contributed by atoms with Gasteiger partial charge in [-0.15, -0.1) is 6.42 Å². The summed E-state index contributed by atoms with van der Waals surface area (Å²) in [6.45, 7) is 0.239. The number of aromatic nitrogens is 2. The molecule has 4 nitrogen and oxygen atoms in total. The van der Waals surface area contributed by atoms with Crippen LogP contribution in [0.1, 0.15) is 0 Å². The van der Waals surface area contributed by atoms with Gasteiger partial charge in [-0.2, -0.15) is 0 Å². The maximum absolute atomic E-state index is 5.32. The molecule has 1 aromatic heterocycles. The molecule has 0 amide bonds. The predicted molar refractivity (Wildman–Crippen MR) is 64.9 cm³/mol. The van der Waals surface area contributed by atoms with Crippen molar-refractivity contribution >= 4 is 0 Å². The van der Waals surface area contributed by atoms with Crippen molar-refractivity contribution in [3.05, 3.63) is 30.6 Å². The van der Waals surface area contributed by atoms with Crippen molar-refractivity contribution in [2.75, 3.05) is 13.7 Å². The van der Waals surface area contributed by atoms with E-state index in [0.717, 1.165) is 11.4 Å². The summed E-state index contributed by atoms with van der Waals surface area (Å²) in [7, 11) is 1.60. The first-order valence-electron chi connectivity index (χ1n) is 5.09. The molecule has 0 aliphatic carbocycles. The summed E-state index contributed by atoms with van der Waals surface area (Å²) >= 11 is 0. The van der Waals surface area contributed by atoms with Crippen LogP contribution < -0.4 is 9.47 Å². The van der Waals surface area contributed by atoms with Gasteiger partial charge in [0.2, 0.25) is 0 Å². The van der Waals surface area contributed by atoms with Crippen LogP contribution in [0.2, 0.25) is 0 Å². The van der Waals surface area contributed by atoms with E-state index in [9.17, 15) is 0 Å². The van der Waals surface area contributed by atoms with E-state index >= 15 is 0 Å². The first-order valence-corrected chi connectivity index (χ1v) is 5.09. The van der Waals surface area contributed by atoms with Crippen LogP contribution in [0.25, 0.3) is 11.4 Å². The Hall–Kier alpha value is -2.41. The number of hydrogen-bond donors (Lipinski definition) is 1. The second kappa shape index (κ2) is 5.08. The summed E-state index contributed by atoms with van der Waals surface area (Å²) < 4.78 is 10.6. The molecule has 4 heteroatoms. The van der Waals surface area contributed by atoms with Crippen molar-refractivity contribution in [2.45, 2.75) is 0 Å². The van der Waals surface area contributed by atoms with Crippen LogP contribution >= 0.6 is 0 Å². The molecule has 0 spiro atoms. The maximum atomic E-state index is 5.32. The van der Waals surface area contributed by atoms with Crippen molar-refractivity contribution in [1.29, 1.82) is 0 Å². The predicted octanol–water partition coefficient (Wildman–Crippen LogP) is 2.10. The van der Waals surface area contributed by atoms with Crippen molar-refractivity contribution in [1.82, 2.24) is 9.97 Å². The molecule has 2 rings (SSSR count). The standard InChI is InChI=1S/C13H12N2O2/c1-3-8-17-10-4-5-11(12(9-10)16-2)13-14-6-7-15-13/h1,4-7,9H,8H2,2H3,(H,14,15). The Balaban J connectivity index is 2.33. The van der Waals surface area contributed by atoms with Crippen molar-refractivity contribution in [3.8, 4) is 35.2 Å². The van der Waals surface area contributed by atoms with Crippen LogP contribution in [-0.4, -0.2) is 23.7 Å². The highest BCUT2D eigenvalue weighted by Crippen LogP contribution is 2.31. The summed E-state index contributed by atoms with van der Waals surface area (Å²) in [5.41, 5.74) is 0.880. The van der Waals surface area contributed by atoms with Gasteiger partial charge < -0.3 is 14.5 Å². The Bertz CT molecular complexity index is 527. The SMILES string of the molecule is C#CCOc1ccc(-c2ncc[nH]2)c(OC)c1. The van der Waals surface area contributed by atoms with Gasteiger partial charge in [-0.1, -0.05) is 5.92 Å². The number of hydrogen-bond acceptors (Lipinski definition) is 3. The van der Waals surface area contributed by atoms with Gasteiger partial charge in [0.25, 0.3) is 0 Å². The summed E-state index contributed by atoms with van der Waals surface area (Å²) in [4.78, 5) is 7.20. The van der Waals surface area contributed by atoms with Crippen molar-refractivity contribution in [2.24, 2.45) is 0 Å². The van der Waals surface area contributed by atoms with Gasteiger partial charge in [0.05, 0.1) is 12.7 Å². The third-order valence-electron chi connectivity index (χ3n) is 2.25. The van der Waals surface area contributed by atoms with Crippen LogP contribution in [0.3, 0.4) is 0 Å². The molecule has 0 aliphatic rings. The van der Waals surface area contributed by atoms with E-state index in [4.69, 9.17) is 15.9 Å². The number of H-pyrrole nitrogens is 1. The summed E-state index contributed by atoms with van der Waals surface area (Å²) in [5.74, 6) is 4.53. The first-order chi connectivity index (χ1) is 8.35. The topological polar surface area (TPSA) is 47.1 Å². The number of benzene rings is 1. The van der Waals surface area contributed by atoms with Crippen LogP contribution in [0.15, 0.2) is 30.6 Å². The number of imidazole rings is 1. The number of methoxy groups -OCH3 is 1. The van der Waals surface area contributed by atoms with E-state index in [2.05, 4.69) is 15.9 Å². The molecular weight excluding hydrogens is 216 g/mol. The fraction of sp³-hybridized carbons (Fsp3) is 0.154. The minimum atomic E-state index is 0.239. The Morgan fingerprint density at radius 2 is 2.35 bits per heavy atom. The van der Waals surface area contributed by atoms with Gasteiger partial charge in [0.15, 0.2) is 0 Å². The highest BCUT2D eigenvalue weighted by Gasteiger charge is 2.09. The van der Waals surface area contributed by atoms with Gasteiger partial charge in [0.1, 0.15) is 23.9 Å². The van der Waals surface area contributed by atoms with Gasteiger partial charge in [-0.25, -0.2) is 4.98 Å². The number of ether oxygens (including phenoxy) is 2. The zero-order valence-corrected chi connectivity index (χ0v) is 9.43. The molecule has 0 saturated heterocycles. The largest absolute Gasteiger partial charge is 0.496 e. The van der Waals surface area contributed by atoms with Crippen molar-refractivity contribution < 1.29 is 9.47 Å². The molecule has 17 heavy (non-hydrogen) atoms. The molecule has 0 radical (unpaired) electrons. The summed E-state index contributed by atoms with van der Waals surface area (Å²) in [5, 5.41) is 0.